The molecule has 6 heteroatoms. The lowest BCUT2D eigenvalue weighted by molar-refractivity contribution is 0.629. The monoisotopic (exact) mass is 313 g/mol. The molecular formula is C16H12FN3OS. The van der Waals surface area contributed by atoms with Gasteiger partial charge in [-0.2, -0.15) is 5.26 Å². The highest BCUT2D eigenvalue weighted by molar-refractivity contribution is 7.82. The Hall–Kier alpha value is -2.49. The first-order valence-electron chi connectivity index (χ1n) is 6.47. The molecule has 0 saturated carbocycles. The maximum Gasteiger partial charge on any atom is 0.124 e. The zero-order valence-electron chi connectivity index (χ0n) is 11.7. The fourth-order valence-electron chi connectivity index (χ4n) is 2.61. The van der Waals surface area contributed by atoms with Crippen LogP contribution in [0.4, 0.5) is 4.39 Å². The summed E-state index contributed by atoms with van der Waals surface area (Å²) in [5, 5.41) is 15.4. The minimum Gasteiger partial charge on any atom is -0.343 e. The quantitative estimate of drug-likeness (QED) is 0.790. The van der Waals surface area contributed by atoms with Crippen molar-refractivity contribution in [1.82, 2.24) is 4.57 Å². The van der Waals surface area contributed by atoms with Crippen LogP contribution in [-0.4, -0.2) is 8.78 Å². The van der Waals surface area contributed by atoms with Gasteiger partial charge < -0.3 is 4.57 Å². The molecule has 0 aliphatic heterocycles. The molecule has 0 aliphatic rings. The molecule has 1 heterocycles. The van der Waals surface area contributed by atoms with Crippen molar-refractivity contribution in [2.45, 2.75) is 4.90 Å². The van der Waals surface area contributed by atoms with E-state index in [9.17, 15) is 13.9 Å². The average molecular weight is 313 g/mol. The van der Waals surface area contributed by atoms with Crippen LogP contribution in [0.2, 0.25) is 0 Å². The topological polar surface area (TPSA) is 71.8 Å². The molecular weight excluding hydrogens is 301 g/mol. The van der Waals surface area contributed by atoms with Gasteiger partial charge in [0.05, 0.1) is 16.2 Å². The second kappa shape index (κ2) is 5.37. The SMILES string of the molecule is Cn1c(-c2ccc(S(N)=O)cc2)c(C#N)c2cc(F)ccc21. The van der Waals surface area contributed by atoms with E-state index >= 15 is 0 Å². The molecule has 110 valence electrons. The number of benzene rings is 2. The van der Waals surface area contributed by atoms with Crippen molar-refractivity contribution in [3.8, 4) is 17.3 Å². The van der Waals surface area contributed by atoms with Gasteiger partial charge in [0.1, 0.15) is 22.9 Å². The predicted molar refractivity (Wildman–Crippen MR) is 83.6 cm³/mol. The second-order valence-electron chi connectivity index (χ2n) is 4.88. The Morgan fingerprint density at radius 1 is 1.23 bits per heavy atom. The number of aryl methyl sites for hydroxylation is 1. The number of nitrogens with zero attached hydrogens (tertiary/aromatic N) is 2. The number of halogens is 1. The highest BCUT2D eigenvalue weighted by Crippen LogP contribution is 2.33. The zero-order chi connectivity index (χ0) is 15.9. The van der Waals surface area contributed by atoms with Crippen molar-refractivity contribution < 1.29 is 8.60 Å². The van der Waals surface area contributed by atoms with Gasteiger partial charge in [-0.15, -0.1) is 0 Å². The molecule has 0 aliphatic carbocycles. The summed E-state index contributed by atoms with van der Waals surface area (Å²) in [5.41, 5.74) is 2.67. The second-order valence-corrected chi connectivity index (χ2v) is 5.94. The fraction of sp³-hybridized carbons (Fsp3) is 0.0625. The van der Waals surface area contributed by atoms with Crippen LogP contribution in [0.3, 0.4) is 0 Å². The molecule has 2 aromatic carbocycles. The van der Waals surface area contributed by atoms with Crippen molar-refractivity contribution in [2.75, 3.05) is 0 Å². The Balaban J connectivity index is 2.28. The van der Waals surface area contributed by atoms with Crippen molar-refractivity contribution in [3.05, 3.63) is 53.8 Å². The Kier molecular flexibility index (Phi) is 3.53. The molecule has 0 radical (unpaired) electrons. The molecule has 0 spiro atoms. The maximum absolute atomic E-state index is 13.5. The molecule has 0 fully saturated rings. The third-order valence-electron chi connectivity index (χ3n) is 3.63. The van der Waals surface area contributed by atoms with Crippen LogP contribution in [0.1, 0.15) is 5.56 Å². The van der Waals surface area contributed by atoms with E-state index in [1.165, 1.54) is 12.1 Å². The number of rotatable bonds is 2. The Morgan fingerprint density at radius 3 is 2.50 bits per heavy atom. The molecule has 1 aromatic heterocycles. The molecule has 0 saturated heterocycles. The normalized spacial score (nSPS) is 12.3. The highest BCUT2D eigenvalue weighted by Gasteiger charge is 2.17. The molecule has 0 amide bonds. The van der Waals surface area contributed by atoms with Crippen molar-refractivity contribution in [3.63, 3.8) is 0 Å². The first-order chi connectivity index (χ1) is 10.5. The molecule has 22 heavy (non-hydrogen) atoms. The summed E-state index contributed by atoms with van der Waals surface area (Å²) < 4.78 is 26.6. The van der Waals surface area contributed by atoms with E-state index in [0.717, 1.165) is 11.1 Å². The lowest BCUT2D eigenvalue weighted by Crippen LogP contribution is -2.02. The van der Waals surface area contributed by atoms with E-state index in [4.69, 9.17) is 5.14 Å². The number of fused-ring (bicyclic) bond motifs is 1. The van der Waals surface area contributed by atoms with Crippen LogP contribution in [0.25, 0.3) is 22.2 Å². The largest absolute Gasteiger partial charge is 0.343 e. The number of nitrogens with two attached hydrogens (primary N) is 1. The standard InChI is InChI=1S/C16H12FN3OS/c1-20-15-7-4-11(17)8-13(15)14(9-18)16(20)10-2-5-12(6-3-10)22(19)21/h2-8H,19H2,1H3. The summed E-state index contributed by atoms with van der Waals surface area (Å²) in [6.07, 6.45) is 0. The van der Waals surface area contributed by atoms with Gasteiger partial charge in [-0.25, -0.2) is 13.7 Å². The summed E-state index contributed by atoms with van der Waals surface area (Å²) in [5.74, 6) is -0.380. The van der Waals surface area contributed by atoms with Crippen LogP contribution in [-0.2, 0) is 18.0 Å². The van der Waals surface area contributed by atoms with E-state index < -0.39 is 11.0 Å². The molecule has 2 N–H and O–H groups in total. The van der Waals surface area contributed by atoms with E-state index in [1.807, 2.05) is 11.6 Å². The maximum atomic E-state index is 13.5. The van der Waals surface area contributed by atoms with E-state index in [-0.39, 0.29) is 5.82 Å². The summed E-state index contributed by atoms with van der Waals surface area (Å²) >= 11 is 0. The number of hydrogen-bond acceptors (Lipinski definition) is 2. The van der Waals surface area contributed by atoms with Crippen LogP contribution < -0.4 is 5.14 Å². The predicted octanol–water partition coefficient (Wildman–Crippen LogP) is 2.84. The molecule has 0 bridgehead atoms. The van der Waals surface area contributed by atoms with E-state index in [0.29, 0.717) is 21.5 Å². The van der Waals surface area contributed by atoms with Crippen molar-refractivity contribution in [1.29, 1.82) is 5.26 Å². The van der Waals surface area contributed by atoms with Crippen LogP contribution >= 0.6 is 0 Å². The van der Waals surface area contributed by atoms with Crippen molar-refractivity contribution in [2.24, 2.45) is 12.2 Å². The fourth-order valence-corrected chi connectivity index (χ4v) is 3.02. The van der Waals surface area contributed by atoms with Crippen LogP contribution in [0.5, 0.6) is 0 Å². The van der Waals surface area contributed by atoms with Gasteiger partial charge in [-0.1, -0.05) is 12.1 Å². The minimum absolute atomic E-state index is 0.380. The number of aromatic nitrogens is 1. The third kappa shape index (κ3) is 2.21. The van der Waals surface area contributed by atoms with E-state index in [1.54, 1.807) is 30.3 Å². The molecule has 3 aromatic rings. The Labute approximate surface area is 129 Å². The van der Waals surface area contributed by atoms with Gasteiger partial charge in [0, 0.05) is 18.0 Å². The molecule has 4 nitrogen and oxygen atoms in total. The summed E-state index contributed by atoms with van der Waals surface area (Å²) in [6.45, 7) is 0. The summed E-state index contributed by atoms with van der Waals surface area (Å²) in [4.78, 5) is 0.507. The highest BCUT2D eigenvalue weighted by atomic mass is 32.2. The minimum atomic E-state index is -1.55. The molecule has 1 unspecified atom stereocenters. The number of hydrogen-bond donors (Lipinski definition) is 1. The lowest BCUT2D eigenvalue weighted by Gasteiger charge is -2.06. The third-order valence-corrected chi connectivity index (χ3v) is 4.37. The van der Waals surface area contributed by atoms with E-state index in [2.05, 4.69) is 6.07 Å². The molecule has 1 atom stereocenters. The van der Waals surface area contributed by atoms with Crippen molar-refractivity contribution >= 4 is 21.9 Å². The zero-order valence-corrected chi connectivity index (χ0v) is 12.5. The van der Waals surface area contributed by atoms with Gasteiger partial charge in [-0.3, -0.25) is 0 Å². The number of nitriles is 1. The first-order valence-corrected chi connectivity index (χ1v) is 7.69. The summed E-state index contributed by atoms with van der Waals surface area (Å²) in [7, 11) is 0.279. The Bertz CT molecular complexity index is 939. The summed E-state index contributed by atoms with van der Waals surface area (Å²) in [6, 6.07) is 13.4. The van der Waals surface area contributed by atoms with Crippen LogP contribution in [0.15, 0.2) is 47.4 Å². The van der Waals surface area contributed by atoms with Gasteiger partial charge in [0.15, 0.2) is 0 Å². The van der Waals surface area contributed by atoms with Crippen LogP contribution in [0, 0.1) is 17.1 Å². The Morgan fingerprint density at radius 2 is 1.91 bits per heavy atom. The van der Waals surface area contributed by atoms with Gasteiger partial charge in [0.2, 0.25) is 0 Å². The van der Waals surface area contributed by atoms with Gasteiger partial charge in [-0.05, 0) is 35.9 Å². The first kappa shape index (κ1) is 14.4. The molecule has 3 rings (SSSR count). The average Bonchev–Trinajstić information content (AvgIpc) is 2.79. The lowest BCUT2D eigenvalue weighted by atomic mass is 10.1. The van der Waals surface area contributed by atoms with Gasteiger partial charge >= 0.3 is 0 Å². The van der Waals surface area contributed by atoms with Gasteiger partial charge in [0.25, 0.3) is 0 Å². The smallest absolute Gasteiger partial charge is 0.124 e.